The van der Waals surface area contributed by atoms with Gasteiger partial charge in [0.05, 0.1) is 0 Å². The van der Waals surface area contributed by atoms with Gasteiger partial charge < -0.3 is 0 Å². The molecule has 3 atom stereocenters. The molecule has 0 aromatic rings. The molecule has 15 heavy (non-hydrogen) atoms. The summed E-state index contributed by atoms with van der Waals surface area (Å²) in [5.74, 6) is 2.11. The predicted octanol–water partition coefficient (Wildman–Crippen LogP) is 4.06. The van der Waals surface area contributed by atoms with Crippen LogP contribution in [0, 0.1) is 23.2 Å². The second kappa shape index (κ2) is 4.67. The Morgan fingerprint density at radius 3 is 2.33 bits per heavy atom. The van der Waals surface area contributed by atoms with Gasteiger partial charge in [-0.2, -0.15) is 0 Å². The molecule has 88 valence electrons. The van der Waals surface area contributed by atoms with Gasteiger partial charge in [0.2, 0.25) is 0 Å². The summed E-state index contributed by atoms with van der Waals surface area (Å²) < 4.78 is 0. The lowest BCUT2D eigenvalue weighted by molar-refractivity contribution is -0.126. The molecular weight excluding hydrogens is 184 g/mol. The molecule has 1 aliphatic carbocycles. The molecule has 0 heterocycles. The lowest BCUT2D eigenvalue weighted by Gasteiger charge is -2.27. The van der Waals surface area contributed by atoms with Crippen LogP contribution >= 0.6 is 0 Å². The summed E-state index contributed by atoms with van der Waals surface area (Å²) in [6.07, 6.45) is 4.73. The average Bonchev–Trinajstić information content (AvgIpc) is 2.49. The zero-order chi connectivity index (χ0) is 11.6. The highest BCUT2D eigenvalue weighted by molar-refractivity contribution is 5.81. The Balaban J connectivity index is 2.48. The molecule has 0 aromatic carbocycles. The van der Waals surface area contributed by atoms with E-state index in [1.165, 1.54) is 19.3 Å². The second-order valence-corrected chi connectivity index (χ2v) is 6.43. The first kappa shape index (κ1) is 12.7. The van der Waals surface area contributed by atoms with Gasteiger partial charge >= 0.3 is 0 Å². The molecule has 1 heteroatoms. The van der Waals surface area contributed by atoms with Gasteiger partial charge in [0, 0.05) is 12.3 Å². The summed E-state index contributed by atoms with van der Waals surface area (Å²) in [6.45, 7) is 10.9. The number of hydrogen-bond acceptors (Lipinski definition) is 1. The van der Waals surface area contributed by atoms with Crippen LogP contribution in [-0.2, 0) is 4.79 Å². The Bertz CT molecular complexity index is 224. The number of carbonyl (C=O) groups is 1. The first-order valence-electron chi connectivity index (χ1n) is 6.35. The van der Waals surface area contributed by atoms with Crippen LogP contribution in [0.3, 0.4) is 0 Å². The molecule has 1 nitrogen and oxygen atoms in total. The minimum absolute atomic E-state index is 0.124. The molecule has 0 aliphatic heterocycles. The van der Waals surface area contributed by atoms with Gasteiger partial charge in [0.15, 0.2) is 0 Å². The SMILES string of the molecule is CC1CCCC1CC(=O)[C@@H](C)C(C)(C)C. The molecule has 0 saturated heterocycles. The largest absolute Gasteiger partial charge is 0.299 e. The van der Waals surface area contributed by atoms with Crippen molar-refractivity contribution in [3.63, 3.8) is 0 Å². The van der Waals surface area contributed by atoms with E-state index in [-0.39, 0.29) is 11.3 Å². The lowest BCUT2D eigenvalue weighted by atomic mass is 9.76. The maximum Gasteiger partial charge on any atom is 0.136 e. The Hall–Kier alpha value is -0.330. The molecule has 1 fully saturated rings. The summed E-state index contributed by atoms with van der Waals surface area (Å²) in [5.41, 5.74) is 0.124. The van der Waals surface area contributed by atoms with Gasteiger partial charge in [0.1, 0.15) is 5.78 Å². The van der Waals surface area contributed by atoms with Crippen LogP contribution in [0.15, 0.2) is 0 Å². The zero-order valence-corrected chi connectivity index (χ0v) is 11.0. The molecule has 0 aromatic heterocycles. The van der Waals surface area contributed by atoms with Gasteiger partial charge in [-0.25, -0.2) is 0 Å². The first-order valence-corrected chi connectivity index (χ1v) is 6.35. The van der Waals surface area contributed by atoms with Crippen molar-refractivity contribution in [2.75, 3.05) is 0 Å². The van der Waals surface area contributed by atoms with Gasteiger partial charge in [-0.15, -0.1) is 0 Å². The van der Waals surface area contributed by atoms with E-state index in [4.69, 9.17) is 0 Å². The minimum Gasteiger partial charge on any atom is -0.299 e. The molecule has 1 aliphatic rings. The van der Waals surface area contributed by atoms with Crippen molar-refractivity contribution in [1.82, 2.24) is 0 Å². The third kappa shape index (κ3) is 3.32. The third-order valence-corrected chi connectivity index (χ3v) is 4.28. The monoisotopic (exact) mass is 210 g/mol. The Kier molecular flexibility index (Phi) is 3.97. The standard InChI is InChI=1S/C14H26O/c1-10-7-6-8-12(10)9-13(15)11(2)14(3,4)5/h10-12H,6-9H2,1-5H3/t10?,11-,12?/m1/s1. The maximum absolute atomic E-state index is 12.1. The number of hydrogen-bond donors (Lipinski definition) is 0. The summed E-state index contributed by atoms with van der Waals surface area (Å²) in [7, 11) is 0. The molecule has 0 amide bonds. The van der Waals surface area contributed by atoms with Crippen LogP contribution in [0.5, 0.6) is 0 Å². The highest BCUT2D eigenvalue weighted by atomic mass is 16.1. The quantitative estimate of drug-likeness (QED) is 0.686. The van der Waals surface area contributed by atoms with Crippen molar-refractivity contribution in [3.05, 3.63) is 0 Å². The molecule has 0 N–H and O–H groups in total. The Labute approximate surface area is 94.6 Å². The van der Waals surface area contributed by atoms with Crippen molar-refractivity contribution in [2.45, 2.75) is 60.3 Å². The van der Waals surface area contributed by atoms with Crippen LogP contribution in [0.25, 0.3) is 0 Å². The first-order chi connectivity index (χ1) is 6.82. The highest BCUT2D eigenvalue weighted by Gasteiger charge is 2.31. The minimum atomic E-state index is 0.124. The van der Waals surface area contributed by atoms with Gasteiger partial charge in [-0.1, -0.05) is 47.5 Å². The molecule has 1 saturated carbocycles. The van der Waals surface area contributed by atoms with E-state index in [0.717, 1.165) is 12.3 Å². The second-order valence-electron chi connectivity index (χ2n) is 6.43. The van der Waals surface area contributed by atoms with Gasteiger partial charge in [-0.05, 0) is 23.7 Å². The van der Waals surface area contributed by atoms with E-state index in [9.17, 15) is 4.79 Å². The third-order valence-electron chi connectivity index (χ3n) is 4.28. The molecule has 0 radical (unpaired) electrons. The summed E-state index contributed by atoms with van der Waals surface area (Å²) in [6, 6.07) is 0. The Morgan fingerprint density at radius 2 is 1.93 bits per heavy atom. The lowest BCUT2D eigenvalue weighted by Crippen LogP contribution is -2.27. The predicted molar refractivity (Wildman–Crippen MR) is 64.7 cm³/mol. The average molecular weight is 210 g/mol. The normalized spacial score (nSPS) is 29.1. The van der Waals surface area contributed by atoms with Crippen LogP contribution in [-0.4, -0.2) is 5.78 Å². The fourth-order valence-corrected chi connectivity index (χ4v) is 2.44. The van der Waals surface area contributed by atoms with E-state index in [0.29, 0.717) is 11.7 Å². The van der Waals surface area contributed by atoms with Gasteiger partial charge in [0.25, 0.3) is 0 Å². The van der Waals surface area contributed by atoms with E-state index in [1.54, 1.807) is 0 Å². The zero-order valence-electron chi connectivity index (χ0n) is 11.0. The smallest absolute Gasteiger partial charge is 0.136 e. The van der Waals surface area contributed by atoms with E-state index in [2.05, 4.69) is 34.6 Å². The van der Waals surface area contributed by atoms with Crippen molar-refractivity contribution >= 4 is 5.78 Å². The van der Waals surface area contributed by atoms with Crippen LogP contribution in [0.1, 0.15) is 60.3 Å². The van der Waals surface area contributed by atoms with Gasteiger partial charge in [-0.3, -0.25) is 4.79 Å². The molecule has 2 unspecified atom stereocenters. The summed E-state index contributed by atoms with van der Waals surface area (Å²) in [4.78, 5) is 12.1. The molecule has 0 bridgehead atoms. The van der Waals surface area contributed by atoms with Crippen LogP contribution in [0.2, 0.25) is 0 Å². The van der Waals surface area contributed by atoms with E-state index in [1.807, 2.05) is 0 Å². The number of Topliss-reactive ketones (excluding diaryl/α,β-unsaturated/α-hetero) is 1. The van der Waals surface area contributed by atoms with E-state index >= 15 is 0 Å². The molecular formula is C14H26O. The Morgan fingerprint density at radius 1 is 1.33 bits per heavy atom. The van der Waals surface area contributed by atoms with Crippen molar-refractivity contribution in [1.29, 1.82) is 0 Å². The number of carbonyl (C=O) groups excluding carboxylic acids is 1. The van der Waals surface area contributed by atoms with Crippen LogP contribution < -0.4 is 0 Å². The van der Waals surface area contributed by atoms with Crippen molar-refractivity contribution in [3.8, 4) is 0 Å². The van der Waals surface area contributed by atoms with Crippen molar-refractivity contribution in [2.24, 2.45) is 23.2 Å². The maximum atomic E-state index is 12.1. The fourth-order valence-electron chi connectivity index (χ4n) is 2.44. The van der Waals surface area contributed by atoms with Crippen LogP contribution in [0.4, 0.5) is 0 Å². The molecule has 1 rings (SSSR count). The van der Waals surface area contributed by atoms with Crippen molar-refractivity contribution < 1.29 is 4.79 Å². The summed E-state index contributed by atoms with van der Waals surface area (Å²) in [5, 5.41) is 0. The summed E-state index contributed by atoms with van der Waals surface area (Å²) >= 11 is 0. The fraction of sp³-hybridized carbons (Fsp3) is 0.929. The van der Waals surface area contributed by atoms with E-state index < -0.39 is 0 Å². The highest BCUT2D eigenvalue weighted by Crippen LogP contribution is 2.36. The number of ketones is 1. The topological polar surface area (TPSA) is 17.1 Å². The number of rotatable bonds is 3. The molecule has 0 spiro atoms.